The Balaban J connectivity index is 2.02. The maximum absolute atomic E-state index is 5.16. The molecule has 0 bridgehead atoms. The van der Waals surface area contributed by atoms with Gasteiger partial charge in [0, 0.05) is 17.8 Å². The zero-order chi connectivity index (χ0) is 11.4. The van der Waals surface area contributed by atoms with Crippen LogP contribution < -0.4 is 10.1 Å². The number of anilines is 1. The first-order valence-electron chi connectivity index (χ1n) is 4.88. The predicted molar refractivity (Wildman–Crippen MR) is 66.7 cm³/mol. The van der Waals surface area contributed by atoms with Gasteiger partial charge >= 0.3 is 0 Å². The summed E-state index contributed by atoms with van der Waals surface area (Å²) in [7, 11) is 1.65. The Labute approximate surface area is 103 Å². The minimum atomic E-state index is 0.745. The Morgan fingerprint density at radius 1 is 1.38 bits per heavy atom. The van der Waals surface area contributed by atoms with Crippen molar-refractivity contribution >= 4 is 21.6 Å². The summed E-state index contributed by atoms with van der Waals surface area (Å²) in [5, 5.41) is 3.29. The molecule has 0 amide bonds. The molecule has 0 radical (unpaired) electrons. The van der Waals surface area contributed by atoms with Crippen LogP contribution in [0.15, 0.2) is 45.7 Å². The second kappa shape index (κ2) is 5.07. The first-order valence-corrected chi connectivity index (χ1v) is 5.67. The summed E-state index contributed by atoms with van der Waals surface area (Å²) in [5.74, 6) is 0.828. The van der Waals surface area contributed by atoms with E-state index in [2.05, 4.69) is 21.2 Å². The lowest BCUT2D eigenvalue weighted by Crippen LogP contribution is -1.98. The molecule has 16 heavy (non-hydrogen) atoms. The third-order valence-corrected chi connectivity index (χ3v) is 2.85. The summed E-state index contributed by atoms with van der Waals surface area (Å²) in [6.45, 7) is 0.745. The number of rotatable bonds is 4. The van der Waals surface area contributed by atoms with Crippen LogP contribution >= 0.6 is 15.9 Å². The summed E-state index contributed by atoms with van der Waals surface area (Å²) in [4.78, 5) is 0. The van der Waals surface area contributed by atoms with Crippen LogP contribution in [0, 0.1) is 0 Å². The van der Waals surface area contributed by atoms with Gasteiger partial charge in [-0.05, 0) is 40.2 Å². The maximum atomic E-state index is 5.16. The number of benzene rings is 1. The first-order chi connectivity index (χ1) is 7.79. The molecule has 0 fully saturated rings. The second-order valence-corrected chi connectivity index (χ2v) is 4.19. The number of ether oxygens (including phenoxy) is 1. The lowest BCUT2D eigenvalue weighted by Gasteiger charge is -2.08. The SMILES string of the molecule is COc1ccc(NCc2ccoc2)cc1Br. The van der Waals surface area contributed by atoms with Crippen molar-refractivity contribution in [2.75, 3.05) is 12.4 Å². The molecule has 84 valence electrons. The average molecular weight is 282 g/mol. The Morgan fingerprint density at radius 3 is 2.88 bits per heavy atom. The third-order valence-electron chi connectivity index (χ3n) is 2.23. The molecule has 0 aliphatic carbocycles. The fourth-order valence-corrected chi connectivity index (χ4v) is 1.91. The fraction of sp³-hybridized carbons (Fsp3) is 0.167. The van der Waals surface area contributed by atoms with Gasteiger partial charge in [0.15, 0.2) is 0 Å². The number of nitrogens with one attached hydrogen (secondary N) is 1. The summed E-state index contributed by atoms with van der Waals surface area (Å²) in [5.41, 5.74) is 2.15. The molecule has 0 atom stereocenters. The normalized spacial score (nSPS) is 10.1. The summed E-state index contributed by atoms with van der Waals surface area (Å²) < 4.78 is 11.1. The van der Waals surface area contributed by atoms with Crippen LogP contribution in [-0.4, -0.2) is 7.11 Å². The zero-order valence-electron chi connectivity index (χ0n) is 8.87. The van der Waals surface area contributed by atoms with Gasteiger partial charge in [-0.15, -0.1) is 0 Å². The van der Waals surface area contributed by atoms with E-state index in [1.54, 1.807) is 19.6 Å². The molecule has 0 saturated heterocycles. The van der Waals surface area contributed by atoms with E-state index in [0.717, 1.165) is 28.0 Å². The van der Waals surface area contributed by atoms with Crippen molar-refractivity contribution in [1.82, 2.24) is 0 Å². The minimum absolute atomic E-state index is 0.745. The summed E-state index contributed by atoms with van der Waals surface area (Å²) >= 11 is 3.44. The van der Waals surface area contributed by atoms with Crippen LogP contribution in [0.25, 0.3) is 0 Å². The van der Waals surface area contributed by atoms with Crippen molar-refractivity contribution in [2.45, 2.75) is 6.54 Å². The Hall–Kier alpha value is -1.42. The fourth-order valence-electron chi connectivity index (χ4n) is 1.37. The van der Waals surface area contributed by atoms with Gasteiger partial charge in [-0.3, -0.25) is 0 Å². The number of hydrogen-bond acceptors (Lipinski definition) is 3. The van der Waals surface area contributed by atoms with Crippen LogP contribution in [0.5, 0.6) is 5.75 Å². The Kier molecular flexibility index (Phi) is 3.51. The molecule has 0 saturated carbocycles. The van der Waals surface area contributed by atoms with Crippen LogP contribution in [0.1, 0.15) is 5.56 Å². The quantitative estimate of drug-likeness (QED) is 0.929. The molecule has 1 aromatic heterocycles. The Morgan fingerprint density at radius 2 is 2.25 bits per heavy atom. The van der Waals surface area contributed by atoms with Gasteiger partial charge in [0.1, 0.15) is 5.75 Å². The van der Waals surface area contributed by atoms with Gasteiger partial charge in [0.25, 0.3) is 0 Å². The summed E-state index contributed by atoms with van der Waals surface area (Å²) in [6.07, 6.45) is 3.40. The van der Waals surface area contributed by atoms with Crippen molar-refractivity contribution in [3.8, 4) is 5.75 Å². The third kappa shape index (κ3) is 2.58. The van der Waals surface area contributed by atoms with Crippen molar-refractivity contribution < 1.29 is 9.15 Å². The van der Waals surface area contributed by atoms with Gasteiger partial charge in [0.05, 0.1) is 24.1 Å². The monoisotopic (exact) mass is 281 g/mol. The van der Waals surface area contributed by atoms with Crippen LogP contribution in [0.4, 0.5) is 5.69 Å². The second-order valence-electron chi connectivity index (χ2n) is 3.33. The van der Waals surface area contributed by atoms with E-state index in [1.807, 2.05) is 24.3 Å². The van der Waals surface area contributed by atoms with Gasteiger partial charge in [-0.1, -0.05) is 0 Å². The van der Waals surface area contributed by atoms with E-state index in [-0.39, 0.29) is 0 Å². The number of hydrogen-bond donors (Lipinski definition) is 1. The lowest BCUT2D eigenvalue weighted by molar-refractivity contribution is 0.412. The van der Waals surface area contributed by atoms with Gasteiger partial charge < -0.3 is 14.5 Å². The van der Waals surface area contributed by atoms with Crippen molar-refractivity contribution in [2.24, 2.45) is 0 Å². The van der Waals surface area contributed by atoms with E-state index in [9.17, 15) is 0 Å². The summed E-state index contributed by atoms with van der Waals surface area (Å²) in [6, 6.07) is 7.82. The van der Waals surface area contributed by atoms with E-state index in [0.29, 0.717) is 0 Å². The molecule has 2 aromatic rings. The molecule has 2 rings (SSSR count). The highest BCUT2D eigenvalue weighted by Crippen LogP contribution is 2.27. The van der Waals surface area contributed by atoms with Crippen LogP contribution in [0.3, 0.4) is 0 Å². The molecule has 0 unspecified atom stereocenters. The number of methoxy groups -OCH3 is 1. The molecular weight excluding hydrogens is 270 g/mol. The highest BCUT2D eigenvalue weighted by molar-refractivity contribution is 9.10. The van der Waals surface area contributed by atoms with Crippen molar-refractivity contribution in [3.05, 3.63) is 46.8 Å². The zero-order valence-corrected chi connectivity index (χ0v) is 10.5. The first kappa shape index (κ1) is 11.1. The van der Waals surface area contributed by atoms with Crippen molar-refractivity contribution in [1.29, 1.82) is 0 Å². The molecule has 4 heteroatoms. The molecule has 1 heterocycles. The molecular formula is C12H12BrNO2. The van der Waals surface area contributed by atoms with Gasteiger partial charge in [-0.2, -0.15) is 0 Å². The van der Waals surface area contributed by atoms with E-state index < -0.39 is 0 Å². The van der Waals surface area contributed by atoms with Crippen LogP contribution in [0.2, 0.25) is 0 Å². The largest absolute Gasteiger partial charge is 0.496 e. The average Bonchev–Trinajstić information content (AvgIpc) is 2.79. The molecule has 1 N–H and O–H groups in total. The predicted octanol–water partition coefficient (Wildman–Crippen LogP) is 3.66. The van der Waals surface area contributed by atoms with E-state index in [1.165, 1.54) is 0 Å². The highest BCUT2D eigenvalue weighted by atomic mass is 79.9. The topological polar surface area (TPSA) is 34.4 Å². The van der Waals surface area contributed by atoms with Gasteiger partial charge in [0.2, 0.25) is 0 Å². The number of halogens is 1. The van der Waals surface area contributed by atoms with E-state index in [4.69, 9.17) is 9.15 Å². The standard InChI is InChI=1S/C12H12BrNO2/c1-15-12-3-2-10(6-11(12)13)14-7-9-4-5-16-8-9/h2-6,8,14H,7H2,1H3. The Bertz CT molecular complexity index is 454. The number of furan rings is 1. The van der Waals surface area contributed by atoms with E-state index >= 15 is 0 Å². The van der Waals surface area contributed by atoms with Gasteiger partial charge in [-0.25, -0.2) is 0 Å². The lowest BCUT2D eigenvalue weighted by atomic mass is 10.3. The highest BCUT2D eigenvalue weighted by Gasteiger charge is 2.01. The van der Waals surface area contributed by atoms with Crippen molar-refractivity contribution in [3.63, 3.8) is 0 Å². The molecule has 1 aromatic carbocycles. The maximum Gasteiger partial charge on any atom is 0.133 e. The smallest absolute Gasteiger partial charge is 0.133 e. The molecule has 0 spiro atoms. The molecule has 0 aliphatic heterocycles. The molecule has 0 aliphatic rings. The molecule has 3 nitrogen and oxygen atoms in total. The minimum Gasteiger partial charge on any atom is -0.496 e. The van der Waals surface area contributed by atoms with Crippen LogP contribution in [-0.2, 0) is 6.54 Å².